The van der Waals surface area contributed by atoms with Gasteiger partial charge in [0.2, 0.25) is 12.2 Å². The Morgan fingerprint density at radius 1 is 0.962 bits per heavy atom. The highest BCUT2D eigenvalue weighted by Gasteiger charge is 2.37. The first-order valence-electron chi connectivity index (χ1n) is 9.69. The van der Waals surface area contributed by atoms with Gasteiger partial charge in [0.05, 0.1) is 25.3 Å². The highest BCUT2D eigenvalue weighted by molar-refractivity contribution is 7.99. The van der Waals surface area contributed by atoms with Gasteiger partial charge in [0, 0.05) is 11.0 Å². The van der Waals surface area contributed by atoms with E-state index in [1.807, 2.05) is 0 Å². The van der Waals surface area contributed by atoms with Gasteiger partial charge < -0.3 is 10.2 Å². The molecule has 2 aliphatic rings. The van der Waals surface area contributed by atoms with E-state index in [1.165, 1.54) is 0 Å². The van der Waals surface area contributed by atoms with Gasteiger partial charge in [0.1, 0.15) is 0 Å². The molecule has 6 nitrogen and oxygen atoms in total. The van der Waals surface area contributed by atoms with Crippen molar-refractivity contribution >= 4 is 23.9 Å². The normalized spacial score (nSPS) is 32.9. The van der Waals surface area contributed by atoms with Gasteiger partial charge >= 0.3 is 0 Å². The summed E-state index contributed by atoms with van der Waals surface area (Å²) < 4.78 is 0. The molecule has 0 bridgehead atoms. The van der Waals surface area contributed by atoms with Crippen LogP contribution < -0.4 is 0 Å². The lowest BCUT2D eigenvalue weighted by Gasteiger charge is -2.39. The van der Waals surface area contributed by atoms with Gasteiger partial charge in [0.25, 0.3) is 0 Å². The molecule has 4 atom stereocenters. The first-order chi connectivity index (χ1) is 12.7. The quantitative estimate of drug-likeness (QED) is 0.471. The average molecular weight is 383 g/mol. The molecule has 2 aliphatic carbocycles. The summed E-state index contributed by atoms with van der Waals surface area (Å²) in [6.45, 7) is 0.132. The minimum atomic E-state index is -0.0650. The predicted molar refractivity (Wildman–Crippen MR) is 102 cm³/mol. The molecule has 0 spiro atoms. The fourth-order valence-electron chi connectivity index (χ4n) is 4.69. The van der Waals surface area contributed by atoms with Crippen molar-refractivity contribution in [3.8, 4) is 0 Å². The molecule has 0 saturated heterocycles. The van der Waals surface area contributed by atoms with Gasteiger partial charge in [-0.3, -0.25) is 0 Å². The topological polar surface area (TPSA) is 99.3 Å². The molecule has 0 aromatic carbocycles. The third-order valence-corrected chi connectivity index (χ3v) is 7.33. The monoisotopic (exact) mass is 382 g/mol. The van der Waals surface area contributed by atoms with Crippen molar-refractivity contribution in [1.29, 1.82) is 0 Å². The summed E-state index contributed by atoms with van der Waals surface area (Å²) in [6.07, 6.45) is 11.6. The van der Waals surface area contributed by atoms with E-state index in [-0.39, 0.29) is 36.5 Å². The largest absolute Gasteiger partial charge is 0.396 e. The minimum Gasteiger partial charge on any atom is -0.396 e. The highest BCUT2D eigenvalue weighted by atomic mass is 32.2. The zero-order valence-electron chi connectivity index (χ0n) is 15.3. The van der Waals surface area contributed by atoms with E-state index in [2.05, 4.69) is 9.98 Å². The Hall–Kier alpha value is -0.970. The molecule has 0 aromatic heterocycles. The van der Waals surface area contributed by atoms with Crippen LogP contribution in [0.5, 0.6) is 0 Å². The van der Waals surface area contributed by atoms with Gasteiger partial charge in [-0.15, -0.1) is 0 Å². The van der Waals surface area contributed by atoms with Gasteiger partial charge in [-0.1, -0.05) is 0 Å². The molecular weight excluding hydrogens is 352 g/mol. The number of nitrogens with zero attached hydrogens (tertiary/aromatic N) is 2. The zero-order chi connectivity index (χ0) is 18.8. The van der Waals surface area contributed by atoms with Crippen LogP contribution in [0.15, 0.2) is 9.98 Å². The maximum atomic E-state index is 10.8. The molecule has 7 heteroatoms. The zero-order valence-corrected chi connectivity index (χ0v) is 16.1. The second kappa shape index (κ2) is 11.7. The van der Waals surface area contributed by atoms with Gasteiger partial charge in [0.15, 0.2) is 0 Å². The smallest absolute Gasteiger partial charge is 0.235 e. The number of thioether (sulfide) groups is 1. The van der Waals surface area contributed by atoms with Crippen molar-refractivity contribution < 1.29 is 19.8 Å². The maximum Gasteiger partial charge on any atom is 0.235 e. The first-order valence-corrected chi connectivity index (χ1v) is 10.7. The lowest BCUT2D eigenvalue weighted by atomic mass is 9.71. The molecule has 0 heterocycles. The van der Waals surface area contributed by atoms with Crippen molar-refractivity contribution in [1.82, 2.24) is 0 Å². The fraction of sp³-hybridized carbons (Fsp3) is 0.895. The second-order valence-electron chi connectivity index (χ2n) is 7.58. The van der Waals surface area contributed by atoms with Crippen LogP contribution in [0, 0.1) is 17.8 Å². The summed E-state index contributed by atoms with van der Waals surface area (Å²) in [5, 5.41) is 18.9. The lowest BCUT2D eigenvalue weighted by molar-refractivity contribution is 0.159. The number of hydrogen-bond donors (Lipinski definition) is 2. The van der Waals surface area contributed by atoms with Crippen molar-refractivity contribution in [2.24, 2.45) is 27.7 Å². The molecule has 2 N–H and O–H groups in total. The third-order valence-electron chi connectivity index (χ3n) is 5.99. The van der Waals surface area contributed by atoms with Crippen molar-refractivity contribution in [2.75, 3.05) is 19.0 Å². The van der Waals surface area contributed by atoms with Crippen LogP contribution in [0.1, 0.15) is 51.4 Å². The van der Waals surface area contributed by atoms with Crippen molar-refractivity contribution in [2.45, 2.75) is 68.7 Å². The van der Waals surface area contributed by atoms with Crippen LogP contribution in [0.4, 0.5) is 0 Å². The first kappa shape index (κ1) is 21.3. The Balaban J connectivity index is 1.92. The average Bonchev–Trinajstić information content (AvgIpc) is 2.66. The molecule has 0 radical (unpaired) electrons. The van der Waals surface area contributed by atoms with Gasteiger partial charge in [-0.05, 0) is 69.1 Å². The fourth-order valence-corrected chi connectivity index (χ4v) is 5.75. The predicted octanol–water partition coefficient (Wildman–Crippen LogP) is 2.48. The van der Waals surface area contributed by atoms with Gasteiger partial charge in [-0.25, -0.2) is 19.6 Å². The van der Waals surface area contributed by atoms with E-state index in [1.54, 1.807) is 23.9 Å². The molecule has 26 heavy (non-hydrogen) atoms. The van der Waals surface area contributed by atoms with Crippen LogP contribution in [0.2, 0.25) is 0 Å². The Labute approximate surface area is 159 Å². The molecular formula is C19H30N2O4S. The van der Waals surface area contributed by atoms with Crippen LogP contribution in [-0.2, 0) is 9.59 Å². The molecule has 0 amide bonds. The van der Waals surface area contributed by atoms with Crippen LogP contribution >= 0.6 is 11.8 Å². The number of carbonyl (C=O) groups excluding carboxylic acids is 2. The summed E-state index contributed by atoms with van der Waals surface area (Å²) in [6, 6.07) is 0.0903. The van der Waals surface area contributed by atoms with E-state index in [9.17, 15) is 14.7 Å². The standard InChI is InChI=1S/C19H30N2O4S/c22-7-8-26-19(11-23)17-10-15(3-6-18(17)21-13-25)9-14-1-4-16(5-2-14)20-12-24/h14-19,22-23H,1-11H2. The van der Waals surface area contributed by atoms with Crippen molar-refractivity contribution in [3.05, 3.63) is 0 Å². The maximum absolute atomic E-state index is 10.8. The van der Waals surface area contributed by atoms with E-state index < -0.39 is 0 Å². The minimum absolute atomic E-state index is 0.00437. The van der Waals surface area contributed by atoms with Crippen LogP contribution in [-0.4, -0.2) is 58.7 Å². The summed E-state index contributed by atoms with van der Waals surface area (Å²) in [7, 11) is 0. The molecule has 2 rings (SSSR count). The summed E-state index contributed by atoms with van der Waals surface area (Å²) >= 11 is 1.57. The SMILES string of the molecule is O=C=NC1CCC(CC2CCC(N=C=O)C(C(CO)SCCO)C2)CC1. The number of aliphatic imine (C=N–C) groups is 2. The number of hydrogen-bond acceptors (Lipinski definition) is 7. The lowest BCUT2D eigenvalue weighted by Crippen LogP contribution is -2.38. The van der Waals surface area contributed by atoms with E-state index in [4.69, 9.17) is 5.11 Å². The molecule has 2 saturated carbocycles. The summed E-state index contributed by atoms with van der Waals surface area (Å²) in [5.74, 6) is 2.00. The van der Waals surface area contributed by atoms with E-state index in [0.717, 1.165) is 51.4 Å². The Morgan fingerprint density at radius 2 is 1.65 bits per heavy atom. The molecule has 4 unspecified atom stereocenters. The Bertz CT molecular complexity index is 512. The van der Waals surface area contributed by atoms with Crippen molar-refractivity contribution in [3.63, 3.8) is 0 Å². The van der Waals surface area contributed by atoms with Crippen LogP contribution in [0.25, 0.3) is 0 Å². The number of aliphatic hydroxyl groups excluding tert-OH is 2. The molecule has 2 fully saturated rings. The third kappa shape index (κ3) is 6.33. The van der Waals surface area contributed by atoms with E-state index in [0.29, 0.717) is 17.6 Å². The Kier molecular flexibility index (Phi) is 9.58. The molecule has 146 valence electrons. The molecule has 0 aliphatic heterocycles. The van der Waals surface area contributed by atoms with Gasteiger partial charge in [-0.2, -0.15) is 11.8 Å². The van der Waals surface area contributed by atoms with E-state index >= 15 is 0 Å². The Morgan fingerprint density at radius 3 is 2.27 bits per heavy atom. The van der Waals surface area contributed by atoms with Crippen LogP contribution in [0.3, 0.4) is 0 Å². The molecule has 0 aromatic rings. The highest BCUT2D eigenvalue weighted by Crippen LogP contribution is 2.42. The second-order valence-corrected chi connectivity index (χ2v) is 8.92. The number of aliphatic hydroxyl groups is 2. The number of rotatable bonds is 9. The number of isocyanates is 2. The summed E-state index contributed by atoms with van der Waals surface area (Å²) in [4.78, 5) is 29.1. The summed E-state index contributed by atoms with van der Waals surface area (Å²) in [5.41, 5.74) is 0.